The summed E-state index contributed by atoms with van der Waals surface area (Å²) in [7, 11) is -5.76. The van der Waals surface area contributed by atoms with Gasteiger partial charge in [0.2, 0.25) is 0 Å². The van der Waals surface area contributed by atoms with Crippen LogP contribution in [0.3, 0.4) is 0 Å². The van der Waals surface area contributed by atoms with Gasteiger partial charge in [-0.25, -0.2) is 4.79 Å². The Bertz CT molecular complexity index is 1680. The molecule has 0 unspecified atom stereocenters. The van der Waals surface area contributed by atoms with Crippen LogP contribution in [0.25, 0.3) is 5.76 Å². The summed E-state index contributed by atoms with van der Waals surface area (Å²) in [6, 6.07) is 13.0. The summed E-state index contributed by atoms with van der Waals surface area (Å²) in [6.45, 7) is 0.249. The van der Waals surface area contributed by atoms with Crippen molar-refractivity contribution < 1.29 is 32.6 Å². The molecule has 2 aromatic carbocycles. The summed E-state index contributed by atoms with van der Waals surface area (Å²) >= 11 is 3.02. The zero-order chi connectivity index (χ0) is 29.2. The van der Waals surface area contributed by atoms with Gasteiger partial charge in [0.15, 0.2) is 5.76 Å². The highest BCUT2D eigenvalue weighted by Crippen LogP contribution is 2.60. The number of ether oxygens (including phenoxy) is 2. The molecule has 0 amide bonds. The summed E-state index contributed by atoms with van der Waals surface area (Å²) in [6.07, 6.45) is 13.1. The number of halogens is 3. The Morgan fingerprint density at radius 2 is 1.83 bits per heavy atom. The van der Waals surface area contributed by atoms with Crippen molar-refractivity contribution in [1.29, 1.82) is 0 Å². The molecule has 2 heterocycles. The predicted octanol–water partition coefficient (Wildman–Crippen LogP) is 6.59. The van der Waals surface area contributed by atoms with Crippen molar-refractivity contribution in [1.82, 2.24) is 9.13 Å². The van der Waals surface area contributed by atoms with E-state index in [-0.39, 0.29) is 23.3 Å². The zero-order valence-corrected chi connectivity index (χ0v) is 24.1. The first-order valence-electron chi connectivity index (χ1n) is 12.7. The van der Waals surface area contributed by atoms with Crippen LogP contribution in [0.1, 0.15) is 41.6 Å². The Balaban J connectivity index is 1.48. The second-order valence-electron chi connectivity index (χ2n) is 9.67. The van der Waals surface area contributed by atoms with E-state index in [0.717, 1.165) is 24.5 Å². The summed E-state index contributed by atoms with van der Waals surface area (Å²) < 4.78 is 54.6. The maximum Gasteiger partial charge on any atom is 0.399 e. The lowest BCUT2D eigenvalue weighted by Gasteiger charge is -2.20. The van der Waals surface area contributed by atoms with Crippen molar-refractivity contribution in [2.24, 2.45) is 0 Å². The first-order valence-corrected chi connectivity index (χ1v) is 15.1. The number of benzene rings is 2. The lowest BCUT2D eigenvalue weighted by atomic mass is 10.0. The molecule has 8 nitrogen and oxygen atoms in total. The van der Waals surface area contributed by atoms with E-state index in [4.69, 9.17) is 19.3 Å². The SMILES string of the molecule is O=c1n(Cc2ccccc2)cc(C2=COC=C(CC3=CC=CCC3)O2)n1Cc1ccc(C(F)(F)P(=O)(O)O)c(Br)c1. The molecule has 0 atom stereocenters. The standard InChI is InChI=1S/C29H26BrF2N2O6P/c30-25-14-22(11-12-24(25)29(31,32)41(36,37)38)16-34-26(17-33(28(34)35)15-21-9-5-2-6-10-21)27-19-39-18-23(40-27)13-20-7-3-1-4-8-20/h1-3,5-7,9-12,14,17-19H,4,8,13,15-16H2,(H2,36,37,38). The van der Waals surface area contributed by atoms with Crippen molar-refractivity contribution in [3.8, 4) is 0 Å². The van der Waals surface area contributed by atoms with Gasteiger partial charge >= 0.3 is 18.9 Å². The van der Waals surface area contributed by atoms with Crippen molar-refractivity contribution in [3.05, 3.63) is 134 Å². The van der Waals surface area contributed by atoms with Gasteiger partial charge in [-0.3, -0.25) is 13.7 Å². The molecule has 0 fully saturated rings. The molecule has 5 rings (SSSR count). The second-order valence-corrected chi connectivity index (χ2v) is 12.2. The van der Waals surface area contributed by atoms with Crippen LogP contribution in [0.4, 0.5) is 8.78 Å². The van der Waals surface area contributed by atoms with E-state index in [0.29, 0.717) is 29.2 Å². The molecule has 0 bridgehead atoms. The molecular weight excluding hydrogens is 621 g/mol. The van der Waals surface area contributed by atoms with E-state index in [1.807, 2.05) is 42.5 Å². The van der Waals surface area contributed by atoms with Crippen LogP contribution in [0.15, 0.2) is 106 Å². The molecule has 0 spiro atoms. The number of hydrogen-bond donors (Lipinski definition) is 2. The number of hydrogen-bond acceptors (Lipinski definition) is 4. The van der Waals surface area contributed by atoms with Gasteiger partial charge in [0.25, 0.3) is 0 Å². The van der Waals surface area contributed by atoms with Gasteiger partial charge in [0.1, 0.15) is 24.0 Å². The fourth-order valence-electron chi connectivity index (χ4n) is 4.59. The Kier molecular flexibility index (Phi) is 8.33. The van der Waals surface area contributed by atoms with Gasteiger partial charge in [0, 0.05) is 22.7 Å². The van der Waals surface area contributed by atoms with Crippen LogP contribution in [-0.2, 0) is 32.8 Å². The lowest BCUT2D eigenvalue weighted by molar-refractivity contribution is 0.0557. The number of nitrogens with zero attached hydrogens (tertiary/aromatic N) is 2. The van der Waals surface area contributed by atoms with Gasteiger partial charge < -0.3 is 19.3 Å². The summed E-state index contributed by atoms with van der Waals surface area (Å²) in [5.41, 5.74) is -2.67. The zero-order valence-electron chi connectivity index (χ0n) is 21.6. The van der Waals surface area contributed by atoms with Crippen LogP contribution in [0, 0.1) is 0 Å². The largest absolute Gasteiger partial charge is 0.465 e. The topological polar surface area (TPSA) is 103 Å². The number of aromatic nitrogens is 2. The van der Waals surface area contributed by atoms with Gasteiger partial charge in [-0.15, -0.1) is 0 Å². The normalized spacial score (nSPS) is 15.5. The van der Waals surface area contributed by atoms with Crippen molar-refractivity contribution in [2.45, 2.75) is 38.0 Å². The average molecular weight is 647 g/mol. The third-order valence-electron chi connectivity index (χ3n) is 6.67. The monoisotopic (exact) mass is 646 g/mol. The molecule has 0 saturated carbocycles. The van der Waals surface area contributed by atoms with Crippen LogP contribution in [-0.4, -0.2) is 18.9 Å². The molecule has 1 aliphatic carbocycles. The summed E-state index contributed by atoms with van der Waals surface area (Å²) in [4.78, 5) is 31.9. The smallest absolute Gasteiger partial charge is 0.399 e. The van der Waals surface area contributed by atoms with Crippen LogP contribution >= 0.6 is 23.5 Å². The minimum absolute atomic E-state index is 0.0357. The van der Waals surface area contributed by atoms with E-state index in [1.165, 1.54) is 39.4 Å². The second kappa shape index (κ2) is 11.8. The third-order valence-corrected chi connectivity index (χ3v) is 8.30. The van der Waals surface area contributed by atoms with Crippen LogP contribution in [0.2, 0.25) is 0 Å². The molecule has 1 aromatic heterocycles. The van der Waals surface area contributed by atoms with Gasteiger partial charge in [-0.05, 0) is 30.0 Å². The highest BCUT2D eigenvalue weighted by molar-refractivity contribution is 9.10. The number of alkyl halides is 2. The minimum atomic E-state index is -5.76. The van der Waals surface area contributed by atoms with Crippen LogP contribution in [0.5, 0.6) is 0 Å². The highest BCUT2D eigenvalue weighted by atomic mass is 79.9. The Morgan fingerprint density at radius 3 is 2.51 bits per heavy atom. The molecule has 214 valence electrons. The molecule has 0 saturated heterocycles. The number of rotatable bonds is 9. The third kappa shape index (κ3) is 6.38. The molecule has 2 N–H and O–H groups in total. The fourth-order valence-corrected chi connectivity index (χ4v) is 5.93. The number of imidazole rings is 1. The van der Waals surface area contributed by atoms with E-state index in [1.54, 1.807) is 6.20 Å². The predicted molar refractivity (Wildman–Crippen MR) is 153 cm³/mol. The number of allylic oxidation sites excluding steroid dienone is 4. The molecular formula is C29H26BrF2N2O6P. The van der Waals surface area contributed by atoms with Crippen molar-refractivity contribution >= 4 is 29.3 Å². The van der Waals surface area contributed by atoms with E-state index in [2.05, 4.69) is 22.0 Å². The van der Waals surface area contributed by atoms with E-state index in [9.17, 15) is 18.1 Å². The molecule has 1 aliphatic heterocycles. The summed E-state index contributed by atoms with van der Waals surface area (Å²) in [5, 5.41) is 0. The Morgan fingerprint density at radius 1 is 1.05 bits per heavy atom. The minimum Gasteiger partial charge on any atom is -0.465 e. The lowest BCUT2D eigenvalue weighted by Crippen LogP contribution is -2.26. The first kappa shape index (κ1) is 29.0. The van der Waals surface area contributed by atoms with Gasteiger partial charge in [-0.2, -0.15) is 8.78 Å². The maximum atomic E-state index is 14.4. The molecule has 41 heavy (non-hydrogen) atoms. The van der Waals surface area contributed by atoms with E-state index < -0.39 is 18.8 Å². The van der Waals surface area contributed by atoms with Gasteiger partial charge in [0.05, 0.1) is 13.1 Å². The van der Waals surface area contributed by atoms with E-state index >= 15 is 0 Å². The Labute approximate surface area is 242 Å². The fraction of sp³-hybridized carbons (Fsp3) is 0.207. The quantitative estimate of drug-likeness (QED) is 0.254. The van der Waals surface area contributed by atoms with Crippen LogP contribution < -0.4 is 5.69 Å². The maximum absolute atomic E-state index is 14.4. The molecule has 2 aliphatic rings. The first-order chi connectivity index (χ1) is 19.5. The summed E-state index contributed by atoms with van der Waals surface area (Å²) in [5.74, 6) is 0.882. The molecule has 0 radical (unpaired) electrons. The molecule has 3 aromatic rings. The Hall–Kier alpha value is -3.50. The molecule has 12 heteroatoms. The van der Waals surface area contributed by atoms with Crippen molar-refractivity contribution in [3.63, 3.8) is 0 Å². The van der Waals surface area contributed by atoms with Crippen molar-refractivity contribution in [2.75, 3.05) is 0 Å². The average Bonchev–Trinajstić information content (AvgIpc) is 3.24. The van der Waals surface area contributed by atoms with Gasteiger partial charge in [-0.1, -0.05) is 82.2 Å². The highest BCUT2D eigenvalue weighted by Gasteiger charge is 2.51.